The van der Waals surface area contributed by atoms with Gasteiger partial charge in [-0.25, -0.2) is 4.79 Å². The number of urea groups is 1. The molecule has 0 unspecified atom stereocenters. The summed E-state index contributed by atoms with van der Waals surface area (Å²) in [7, 11) is 1.52. The molecule has 2 amide bonds. The second kappa shape index (κ2) is 8.32. The molecule has 0 aliphatic heterocycles. The Kier molecular flexibility index (Phi) is 7.53. The fourth-order valence-electron chi connectivity index (χ4n) is 1.19. The van der Waals surface area contributed by atoms with Crippen molar-refractivity contribution in [1.82, 2.24) is 10.2 Å². The zero-order chi connectivity index (χ0) is 14.9. The molecule has 2 N–H and O–H groups in total. The van der Waals surface area contributed by atoms with E-state index in [4.69, 9.17) is 15.1 Å². The van der Waals surface area contributed by atoms with Crippen molar-refractivity contribution in [2.75, 3.05) is 33.4 Å². The van der Waals surface area contributed by atoms with Gasteiger partial charge in [0, 0.05) is 26.7 Å². The summed E-state index contributed by atoms with van der Waals surface area (Å²) in [5.41, 5.74) is -1.03. The summed E-state index contributed by atoms with van der Waals surface area (Å²) in [6.07, 6.45) is 0.222. The summed E-state index contributed by atoms with van der Waals surface area (Å²) in [5, 5.41) is 20.0. The van der Waals surface area contributed by atoms with Crippen molar-refractivity contribution in [2.45, 2.75) is 20.3 Å². The van der Waals surface area contributed by atoms with E-state index in [2.05, 4.69) is 5.32 Å². The number of ether oxygens (including phenoxy) is 1. The Morgan fingerprint density at radius 3 is 2.53 bits per heavy atom. The first-order valence-corrected chi connectivity index (χ1v) is 5.97. The molecule has 0 fully saturated rings. The van der Waals surface area contributed by atoms with Crippen molar-refractivity contribution >= 4 is 12.0 Å². The molecule has 0 saturated heterocycles. The fraction of sp³-hybridized carbons (Fsp3) is 0.750. The molecule has 7 heteroatoms. The third-order valence-electron chi connectivity index (χ3n) is 2.61. The number of carbonyl (C=O) groups excluding carboxylic acids is 1. The predicted octanol–water partition coefficient (Wildman–Crippen LogP) is 0.669. The summed E-state index contributed by atoms with van der Waals surface area (Å²) >= 11 is 0. The van der Waals surface area contributed by atoms with E-state index < -0.39 is 11.4 Å². The van der Waals surface area contributed by atoms with Crippen LogP contribution in [0.15, 0.2) is 0 Å². The summed E-state index contributed by atoms with van der Waals surface area (Å²) in [5.74, 6) is -0.978. The number of nitriles is 1. The van der Waals surface area contributed by atoms with Crippen LogP contribution in [0.5, 0.6) is 0 Å². The van der Waals surface area contributed by atoms with E-state index in [-0.39, 0.29) is 19.0 Å². The van der Waals surface area contributed by atoms with E-state index in [1.54, 1.807) is 0 Å². The van der Waals surface area contributed by atoms with E-state index in [0.717, 1.165) is 0 Å². The van der Waals surface area contributed by atoms with Crippen molar-refractivity contribution < 1.29 is 19.4 Å². The van der Waals surface area contributed by atoms with E-state index in [1.807, 2.05) is 6.07 Å². The van der Waals surface area contributed by atoms with Gasteiger partial charge in [-0.2, -0.15) is 5.26 Å². The zero-order valence-electron chi connectivity index (χ0n) is 11.6. The van der Waals surface area contributed by atoms with Crippen LogP contribution in [0.4, 0.5) is 4.79 Å². The van der Waals surface area contributed by atoms with Gasteiger partial charge in [-0.15, -0.1) is 0 Å². The standard InChI is InChI=1S/C12H21N3O4/c1-12(2,10(16)17)9-14-11(18)15(6-4-5-13)7-8-19-3/h4,6-9H2,1-3H3,(H,14,18)(H,16,17). The van der Waals surface area contributed by atoms with Crippen molar-refractivity contribution in [3.8, 4) is 6.07 Å². The molecule has 0 aliphatic rings. The summed E-state index contributed by atoms with van der Waals surface area (Å²) in [4.78, 5) is 24.2. The highest BCUT2D eigenvalue weighted by Crippen LogP contribution is 2.13. The Balaban J connectivity index is 4.39. The van der Waals surface area contributed by atoms with Crippen molar-refractivity contribution in [2.24, 2.45) is 5.41 Å². The van der Waals surface area contributed by atoms with Crippen molar-refractivity contribution in [3.63, 3.8) is 0 Å². The molecule has 0 aromatic heterocycles. The highest BCUT2D eigenvalue weighted by molar-refractivity contribution is 5.77. The smallest absolute Gasteiger partial charge is 0.317 e. The topological polar surface area (TPSA) is 103 Å². The maximum atomic E-state index is 11.9. The van der Waals surface area contributed by atoms with Gasteiger partial charge >= 0.3 is 12.0 Å². The zero-order valence-corrected chi connectivity index (χ0v) is 11.6. The largest absolute Gasteiger partial charge is 0.481 e. The van der Waals surface area contributed by atoms with Crippen LogP contribution in [0.2, 0.25) is 0 Å². The highest BCUT2D eigenvalue weighted by atomic mass is 16.5. The Morgan fingerprint density at radius 2 is 2.05 bits per heavy atom. The predicted molar refractivity (Wildman–Crippen MR) is 68.5 cm³/mol. The summed E-state index contributed by atoms with van der Waals surface area (Å²) < 4.78 is 4.89. The van der Waals surface area contributed by atoms with Crippen LogP contribution in [0.25, 0.3) is 0 Å². The molecule has 0 rings (SSSR count). The lowest BCUT2D eigenvalue weighted by Gasteiger charge is -2.25. The van der Waals surface area contributed by atoms with Crippen LogP contribution in [0.1, 0.15) is 20.3 Å². The molecule has 0 spiro atoms. The average Bonchev–Trinajstić information content (AvgIpc) is 2.36. The molecule has 0 saturated carbocycles. The molecule has 0 aliphatic carbocycles. The van der Waals surface area contributed by atoms with Crippen LogP contribution < -0.4 is 5.32 Å². The number of carbonyl (C=O) groups is 2. The van der Waals surface area contributed by atoms with Crippen LogP contribution in [0, 0.1) is 16.7 Å². The molecule has 108 valence electrons. The summed E-state index contributed by atoms with van der Waals surface area (Å²) in [6, 6.07) is 1.58. The lowest BCUT2D eigenvalue weighted by atomic mass is 9.94. The fourth-order valence-corrected chi connectivity index (χ4v) is 1.19. The molecule has 7 nitrogen and oxygen atoms in total. The van der Waals surface area contributed by atoms with Gasteiger partial charge in [0.1, 0.15) is 0 Å². The first-order chi connectivity index (χ1) is 8.85. The van der Waals surface area contributed by atoms with Gasteiger partial charge in [-0.1, -0.05) is 0 Å². The normalized spacial score (nSPS) is 10.6. The van der Waals surface area contributed by atoms with Crippen LogP contribution in [-0.4, -0.2) is 55.4 Å². The van der Waals surface area contributed by atoms with Gasteiger partial charge in [0.2, 0.25) is 0 Å². The minimum atomic E-state index is -1.03. The molecule has 0 heterocycles. The SMILES string of the molecule is COCCN(CCC#N)C(=O)NCC(C)(C)C(=O)O. The third-order valence-corrected chi connectivity index (χ3v) is 2.61. The molecule has 0 aromatic rings. The number of rotatable bonds is 8. The molecule has 0 radical (unpaired) electrons. The molecule has 19 heavy (non-hydrogen) atoms. The number of amides is 2. The quantitative estimate of drug-likeness (QED) is 0.675. The lowest BCUT2D eigenvalue weighted by Crippen LogP contribution is -2.46. The van der Waals surface area contributed by atoms with Gasteiger partial charge in [0.15, 0.2) is 0 Å². The Morgan fingerprint density at radius 1 is 1.42 bits per heavy atom. The number of hydrogen-bond donors (Lipinski definition) is 2. The lowest BCUT2D eigenvalue weighted by molar-refractivity contribution is -0.146. The number of aliphatic carboxylic acids is 1. The summed E-state index contributed by atoms with van der Waals surface area (Å²) in [6.45, 7) is 4.10. The van der Waals surface area contributed by atoms with Crippen LogP contribution in [-0.2, 0) is 9.53 Å². The monoisotopic (exact) mass is 271 g/mol. The molecule has 0 bridgehead atoms. The van der Waals surface area contributed by atoms with E-state index in [9.17, 15) is 9.59 Å². The molecule has 0 aromatic carbocycles. The van der Waals surface area contributed by atoms with Gasteiger partial charge in [-0.05, 0) is 13.8 Å². The third kappa shape index (κ3) is 6.62. The van der Waals surface area contributed by atoms with Crippen molar-refractivity contribution in [1.29, 1.82) is 5.26 Å². The van der Waals surface area contributed by atoms with Crippen LogP contribution in [0.3, 0.4) is 0 Å². The molecular weight excluding hydrogens is 250 g/mol. The number of nitrogens with one attached hydrogen (secondary N) is 1. The first kappa shape index (κ1) is 17.2. The Bertz CT molecular complexity index is 349. The Hall–Kier alpha value is -1.81. The number of carboxylic acids is 1. The van der Waals surface area contributed by atoms with Gasteiger partial charge < -0.3 is 20.1 Å². The second-order valence-corrected chi connectivity index (χ2v) is 4.74. The minimum Gasteiger partial charge on any atom is -0.481 e. The maximum Gasteiger partial charge on any atom is 0.317 e. The van der Waals surface area contributed by atoms with Crippen molar-refractivity contribution in [3.05, 3.63) is 0 Å². The van der Waals surface area contributed by atoms with E-state index >= 15 is 0 Å². The number of carboxylic acid groups (broad SMARTS) is 1. The van der Waals surface area contributed by atoms with E-state index in [1.165, 1.54) is 25.9 Å². The van der Waals surface area contributed by atoms with E-state index in [0.29, 0.717) is 19.7 Å². The first-order valence-electron chi connectivity index (χ1n) is 5.97. The maximum absolute atomic E-state index is 11.9. The Labute approximate surface area is 113 Å². The number of methoxy groups -OCH3 is 1. The van der Waals surface area contributed by atoms with Crippen LogP contribution >= 0.6 is 0 Å². The average molecular weight is 271 g/mol. The van der Waals surface area contributed by atoms with Gasteiger partial charge in [-0.3, -0.25) is 4.79 Å². The molecule has 0 atom stereocenters. The molecular formula is C12H21N3O4. The second-order valence-electron chi connectivity index (χ2n) is 4.74. The van der Waals surface area contributed by atoms with Gasteiger partial charge in [0.05, 0.1) is 24.5 Å². The van der Waals surface area contributed by atoms with Gasteiger partial charge in [0.25, 0.3) is 0 Å². The number of nitrogens with zero attached hydrogens (tertiary/aromatic N) is 2. The highest BCUT2D eigenvalue weighted by Gasteiger charge is 2.28. The number of hydrogen-bond acceptors (Lipinski definition) is 4. The minimum absolute atomic E-state index is 0.0250.